The van der Waals surface area contributed by atoms with Gasteiger partial charge in [0.2, 0.25) is 0 Å². The molecule has 0 N–H and O–H groups in total. The van der Waals surface area contributed by atoms with Gasteiger partial charge >= 0.3 is 0 Å². The number of halogens is 1. The zero-order chi connectivity index (χ0) is 13.7. The molecule has 0 saturated heterocycles. The maximum atomic E-state index is 10.9. The van der Waals surface area contributed by atoms with Crippen LogP contribution in [0.3, 0.4) is 0 Å². The maximum Gasteiger partial charge on any atom is 0.153 e. The number of hydrogen-bond acceptors (Lipinski definition) is 3. The molecule has 98 valence electrons. The van der Waals surface area contributed by atoms with Crippen LogP contribution in [0.5, 0.6) is 11.5 Å². The molecule has 0 aliphatic heterocycles. The maximum absolute atomic E-state index is 10.9. The number of hydrogen-bond donors (Lipinski definition) is 0. The molecule has 4 heteroatoms. The largest absolute Gasteiger partial charge is 0.497 e. The highest BCUT2D eigenvalue weighted by molar-refractivity contribution is 6.30. The predicted octanol–water partition coefficient (Wildman–Crippen LogP) is 3.74. The molecule has 0 bridgehead atoms. The Hall–Kier alpha value is -2.00. The molecular formula is C15H13ClO3. The minimum Gasteiger partial charge on any atom is -0.497 e. The summed E-state index contributed by atoms with van der Waals surface area (Å²) in [5.41, 5.74) is 1.40. The molecule has 2 aromatic carbocycles. The molecule has 0 amide bonds. The quantitative estimate of drug-likeness (QED) is 0.781. The van der Waals surface area contributed by atoms with Gasteiger partial charge < -0.3 is 9.47 Å². The highest BCUT2D eigenvalue weighted by Gasteiger charge is 2.04. The second-order valence-corrected chi connectivity index (χ2v) is 4.38. The molecule has 2 rings (SSSR count). The van der Waals surface area contributed by atoms with E-state index in [1.165, 1.54) is 0 Å². The summed E-state index contributed by atoms with van der Waals surface area (Å²) in [5.74, 6) is 1.29. The van der Waals surface area contributed by atoms with Gasteiger partial charge in [-0.3, -0.25) is 4.79 Å². The van der Waals surface area contributed by atoms with Crippen molar-refractivity contribution < 1.29 is 14.3 Å². The molecule has 0 saturated carbocycles. The summed E-state index contributed by atoms with van der Waals surface area (Å²) in [7, 11) is 1.61. The number of benzene rings is 2. The van der Waals surface area contributed by atoms with Gasteiger partial charge in [-0.05, 0) is 35.9 Å². The summed E-state index contributed by atoms with van der Waals surface area (Å²) in [4.78, 5) is 10.9. The lowest BCUT2D eigenvalue weighted by atomic mass is 10.2. The molecule has 0 spiro atoms. The van der Waals surface area contributed by atoms with Crippen LogP contribution in [0.1, 0.15) is 15.9 Å². The van der Waals surface area contributed by atoms with E-state index in [9.17, 15) is 4.79 Å². The summed E-state index contributed by atoms with van der Waals surface area (Å²) in [6, 6.07) is 12.5. The van der Waals surface area contributed by atoms with Gasteiger partial charge in [-0.25, -0.2) is 0 Å². The predicted molar refractivity (Wildman–Crippen MR) is 74.2 cm³/mol. The molecule has 2 aromatic rings. The average molecular weight is 277 g/mol. The van der Waals surface area contributed by atoms with Crippen molar-refractivity contribution in [2.75, 3.05) is 7.11 Å². The Labute approximate surface area is 116 Å². The Morgan fingerprint density at radius 2 is 2.05 bits per heavy atom. The van der Waals surface area contributed by atoms with Crippen LogP contribution >= 0.6 is 11.6 Å². The van der Waals surface area contributed by atoms with E-state index in [1.807, 2.05) is 24.3 Å². The first-order valence-electron chi connectivity index (χ1n) is 5.73. The van der Waals surface area contributed by atoms with Crippen LogP contribution in [0.15, 0.2) is 42.5 Å². The molecule has 3 nitrogen and oxygen atoms in total. The number of methoxy groups -OCH3 is 1. The van der Waals surface area contributed by atoms with E-state index >= 15 is 0 Å². The number of carbonyl (C=O) groups is 1. The van der Waals surface area contributed by atoms with Crippen molar-refractivity contribution in [3.63, 3.8) is 0 Å². The highest BCUT2D eigenvalue weighted by Crippen LogP contribution is 2.23. The molecule has 0 fully saturated rings. The fourth-order valence-electron chi connectivity index (χ4n) is 1.67. The van der Waals surface area contributed by atoms with Gasteiger partial charge in [0, 0.05) is 5.02 Å². The van der Waals surface area contributed by atoms with E-state index in [0.29, 0.717) is 22.9 Å². The first kappa shape index (κ1) is 13.4. The molecule has 0 aliphatic carbocycles. The van der Waals surface area contributed by atoms with E-state index in [0.717, 1.165) is 17.6 Å². The summed E-state index contributed by atoms with van der Waals surface area (Å²) in [6.45, 7) is 0.361. The Kier molecular flexibility index (Phi) is 4.42. The van der Waals surface area contributed by atoms with Crippen molar-refractivity contribution in [3.05, 3.63) is 58.6 Å². The third kappa shape index (κ3) is 3.48. The zero-order valence-electron chi connectivity index (χ0n) is 10.4. The van der Waals surface area contributed by atoms with Crippen molar-refractivity contribution in [1.82, 2.24) is 0 Å². The van der Waals surface area contributed by atoms with E-state index in [2.05, 4.69) is 0 Å². The van der Waals surface area contributed by atoms with Crippen LogP contribution in [0.25, 0.3) is 0 Å². The zero-order valence-corrected chi connectivity index (χ0v) is 11.2. The van der Waals surface area contributed by atoms with Crippen molar-refractivity contribution in [3.8, 4) is 11.5 Å². The van der Waals surface area contributed by atoms with Crippen LogP contribution in [0.2, 0.25) is 5.02 Å². The van der Waals surface area contributed by atoms with E-state index in [-0.39, 0.29) is 0 Å². The van der Waals surface area contributed by atoms with Gasteiger partial charge in [-0.1, -0.05) is 23.7 Å². The molecule has 0 heterocycles. The number of carbonyl (C=O) groups excluding carboxylic acids is 1. The Bertz CT molecular complexity index is 581. The first-order chi connectivity index (χ1) is 9.22. The normalized spacial score (nSPS) is 10.0. The van der Waals surface area contributed by atoms with E-state index in [1.54, 1.807) is 25.3 Å². The molecular weight excluding hydrogens is 264 g/mol. The molecule has 0 aromatic heterocycles. The van der Waals surface area contributed by atoms with Crippen molar-refractivity contribution in [2.45, 2.75) is 6.61 Å². The van der Waals surface area contributed by atoms with E-state index in [4.69, 9.17) is 21.1 Å². The summed E-state index contributed by atoms with van der Waals surface area (Å²) < 4.78 is 10.8. The smallest absolute Gasteiger partial charge is 0.153 e. The third-order valence-corrected chi connectivity index (χ3v) is 2.86. The second kappa shape index (κ2) is 6.25. The van der Waals surface area contributed by atoms with Crippen molar-refractivity contribution in [1.29, 1.82) is 0 Å². The summed E-state index contributed by atoms with van der Waals surface area (Å²) in [6.07, 6.45) is 0.729. The Morgan fingerprint density at radius 1 is 1.21 bits per heavy atom. The summed E-state index contributed by atoms with van der Waals surface area (Å²) >= 11 is 5.82. The van der Waals surface area contributed by atoms with Gasteiger partial charge in [0.25, 0.3) is 0 Å². The summed E-state index contributed by atoms with van der Waals surface area (Å²) in [5, 5.41) is 0.510. The Morgan fingerprint density at radius 3 is 2.79 bits per heavy atom. The second-order valence-electron chi connectivity index (χ2n) is 3.94. The van der Waals surface area contributed by atoms with Crippen LogP contribution in [0, 0.1) is 0 Å². The fraction of sp³-hybridized carbons (Fsp3) is 0.133. The first-order valence-corrected chi connectivity index (χ1v) is 6.11. The lowest BCUT2D eigenvalue weighted by Gasteiger charge is -2.09. The average Bonchev–Trinajstić information content (AvgIpc) is 2.46. The van der Waals surface area contributed by atoms with Crippen molar-refractivity contribution in [2.24, 2.45) is 0 Å². The molecule has 0 unspecified atom stereocenters. The molecule has 0 atom stereocenters. The minimum atomic E-state index is 0.361. The highest BCUT2D eigenvalue weighted by atomic mass is 35.5. The van der Waals surface area contributed by atoms with Gasteiger partial charge in [0.05, 0.1) is 12.7 Å². The monoisotopic (exact) mass is 276 g/mol. The standard InChI is InChI=1S/C15H13ClO3/c1-18-14-4-2-3-11(7-14)10-19-15-6-5-13(16)8-12(15)9-17/h2-9H,10H2,1H3. The van der Waals surface area contributed by atoms with Crippen LogP contribution < -0.4 is 9.47 Å². The van der Waals surface area contributed by atoms with Gasteiger partial charge in [-0.15, -0.1) is 0 Å². The van der Waals surface area contributed by atoms with Crippen LogP contribution in [-0.2, 0) is 6.61 Å². The minimum absolute atomic E-state index is 0.361. The fourth-order valence-corrected chi connectivity index (χ4v) is 1.85. The number of rotatable bonds is 5. The van der Waals surface area contributed by atoms with Crippen LogP contribution in [0.4, 0.5) is 0 Å². The molecule has 19 heavy (non-hydrogen) atoms. The molecule has 0 aliphatic rings. The Balaban J connectivity index is 2.11. The SMILES string of the molecule is COc1cccc(COc2ccc(Cl)cc2C=O)c1. The lowest BCUT2D eigenvalue weighted by Crippen LogP contribution is -1.98. The number of ether oxygens (including phenoxy) is 2. The van der Waals surface area contributed by atoms with E-state index < -0.39 is 0 Å². The third-order valence-electron chi connectivity index (χ3n) is 2.63. The van der Waals surface area contributed by atoms with Crippen molar-refractivity contribution >= 4 is 17.9 Å². The van der Waals surface area contributed by atoms with Crippen LogP contribution in [-0.4, -0.2) is 13.4 Å². The molecule has 0 radical (unpaired) electrons. The lowest BCUT2D eigenvalue weighted by molar-refractivity contribution is 0.111. The van der Waals surface area contributed by atoms with Gasteiger partial charge in [0.15, 0.2) is 6.29 Å². The number of aldehydes is 1. The topological polar surface area (TPSA) is 35.5 Å². The van der Waals surface area contributed by atoms with Gasteiger partial charge in [-0.2, -0.15) is 0 Å². The van der Waals surface area contributed by atoms with Gasteiger partial charge in [0.1, 0.15) is 18.1 Å².